The van der Waals surface area contributed by atoms with Crippen molar-refractivity contribution in [1.29, 1.82) is 0 Å². The predicted molar refractivity (Wildman–Crippen MR) is 150 cm³/mol. The third-order valence-corrected chi connectivity index (χ3v) is 6.84. The summed E-state index contributed by atoms with van der Waals surface area (Å²) in [5.41, 5.74) is 2.34. The summed E-state index contributed by atoms with van der Waals surface area (Å²) < 4.78 is 22.4. The Labute approximate surface area is 234 Å². The molecular weight excluding hydrogens is 512 g/mol. The van der Waals surface area contributed by atoms with Gasteiger partial charge in [-0.25, -0.2) is 0 Å². The van der Waals surface area contributed by atoms with Crippen molar-refractivity contribution in [3.05, 3.63) is 82.7 Å². The van der Waals surface area contributed by atoms with E-state index in [-0.39, 0.29) is 17.9 Å². The number of Topliss-reactive ketones (excluding diaryl/α,β-unsaturated/α-hetero) is 1. The molecule has 1 aliphatic rings. The summed E-state index contributed by atoms with van der Waals surface area (Å²) in [6.45, 7) is 4.59. The first-order chi connectivity index (χ1) is 19.3. The van der Waals surface area contributed by atoms with Gasteiger partial charge >= 0.3 is 0 Å². The first-order valence-corrected chi connectivity index (χ1v) is 13.1. The van der Waals surface area contributed by atoms with E-state index in [4.69, 9.17) is 18.9 Å². The largest absolute Gasteiger partial charge is 0.507 e. The highest BCUT2D eigenvalue weighted by molar-refractivity contribution is 6.46. The Bertz CT molecular complexity index is 1390. The van der Waals surface area contributed by atoms with E-state index in [2.05, 4.69) is 11.9 Å². The number of hydrogen-bond acceptors (Lipinski definition) is 8. The zero-order valence-corrected chi connectivity index (χ0v) is 23.4. The molecule has 1 amide bonds. The lowest BCUT2D eigenvalue weighted by atomic mass is 9.93. The van der Waals surface area contributed by atoms with E-state index in [1.54, 1.807) is 42.7 Å². The molecule has 1 atom stereocenters. The van der Waals surface area contributed by atoms with Crippen LogP contribution in [0.4, 0.5) is 0 Å². The van der Waals surface area contributed by atoms with E-state index in [9.17, 15) is 14.7 Å². The van der Waals surface area contributed by atoms with Crippen LogP contribution in [0.25, 0.3) is 5.76 Å². The number of nitrogens with zero attached hydrogens (tertiary/aromatic N) is 2. The van der Waals surface area contributed by atoms with Gasteiger partial charge in [0, 0.05) is 24.5 Å². The Morgan fingerprint density at radius 1 is 1.02 bits per heavy atom. The molecule has 3 aromatic rings. The second-order valence-electron chi connectivity index (χ2n) is 9.43. The topological polar surface area (TPSA) is 107 Å². The molecule has 40 heavy (non-hydrogen) atoms. The lowest BCUT2D eigenvalue weighted by Crippen LogP contribution is -2.29. The van der Waals surface area contributed by atoms with Gasteiger partial charge in [-0.1, -0.05) is 19.4 Å². The second kappa shape index (κ2) is 12.5. The highest BCUT2D eigenvalue weighted by atomic mass is 16.5. The molecule has 1 N–H and O–H groups in total. The fourth-order valence-electron chi connectivity index (χ4n) is 4.81. The molecule has 9 nitrogen and oxygen atoms in total. The molecule has 0 radical (unpaired) electrons. The number of aliphatic hydroxyl groups is 1. The van der Waals surface area contributed by atoms with Gasteiger partial charge in [-0.15, -0.1) is 0 Å². The highest BCUT2D eigenvalue weighted by Gasteiger charge is 2.46. The lowest BCUT2D eigenvalue weighted by Gasteiger charge is -2.26. The van der Waals surface area contributed by atoms with Gasteiger partial charge in [-0.2, -0.15) is 0 Å². The van der Waals surface area contributed by atoms with Crippen molar-refractivity contribution in [2.75, 3.05) is 27.9 Å². The van der Waals surface area contributed by atoms with Crippen molar-refractivity contribution in [1.82, 2.24) is 9.88 Å². The number of aryl methyl sites for hydroxylation is 1. The molecule has 4 rings (SSSR count). The zero-order valence-electron chi connectivity index (χ0n) is 23.4. The van der Waals surface area contributed by atoms with Crippen LogP contribution in [0.5, 0.6) is 23.0 Å². The molecule has 1 fully saturated rings. The van der Waals surface area contributed by atoms with E-state index in [0.29, 0.717) is 46.3 Å². The smallest absolute Gasteiger partial charge is 0.295 e. The van der Waals surface area contributed by atoms with Crippen molar-refractivity contribution in [3.63, 3.8) is 0 Å². The maximum atomic E-state index is 13.6. The van der Waals surface area contributed by atoms with Crippen LogP contribution in [0.1, 0.15) is 48.1 Å². The fraction of sp³-hybridized carbons (Fsp3) is 0.323. The van der Waals surface area contributed by atoms with Crippen molar-refractivity contribution >= 4 is 17.4 Å². The number of likely N-dealkylation sites (tertiary alicyclic amines) is 1. The summed E-state index contributed by atoms with van der Waals surface area (Å²) >= 11 is 0. The third kappa shape index (κ3) is 5.59. The van der Waals surface area contributed by atoms with Gasteiger partial charge in [0.15, 0.2) is 11.5 Å². The van der Waals surface area contributed by atoms with Crippen LogP contribution < -0.4 is 18.9 Å². The van der Waals surface area contributed by atoms with E-state index < -0.39 is 17.7 Å². The molecule has 9 heteroatoms. The minimum Gasteiger partial charge on any atom is -0.507 e. The summed E-state index contributed by atoms with van der Waals surface area (Å²) in [5.74, 6) is -0.0529. The number of amides is 1. The fourth-order valence-corrected chi connectivity index (χ4v) is 4.81. The SMILES string of the molecule is CCCCOc1ccc(/C(O)=C2\C(=O)C(=O)N(Cc3cccnc3)C2c2cc(OC)c(OC)c(OC)c2)c(C)c1. The molecule has 1 aliphatic heterocycles. The maximum Gasteiger partial charge on any atom is 0.295 e. The molecule has 1 aromatic heterocycles. The van der Waals surface area contributed by atoms with Crippen molar-refractivity contribution in [2.24, 2.45) is 0 Å². The first kappa shape index (κ1) is 28.5. The van der Waals surface area contributed by atoms with Crippen LogP contribution in [0.3, 0.4) is 0 Å². The number of ether oxygens (including phenoxy) is 4. The molecule has 1 saturated heterocycles. The number of unbranched alkanes of at least 4 members (excludes halogenated alkanes) is 1. The zero-order chi connectivity index (χ0) is 28.8. The lowest BCUT2D eigenvalue weighted by molar-refractivity contribution is -0.140. The van der Waals surface area contributed by atoms with E-state index in [0.717, 1.165) is 18.4 Å². The molecule has 0 saturated carbocycles. The van der Waals surface area contributed by atoms with Crippen LogP contribution in [0.15, 0.2) is 60.4 Å². The molecule has 1 unspecified atom stereocenters. The number of ketones is 1. The van der Waals surface area contributed by atoms with Crippen molar-refractivity contribution < 1.29 is 33.6 Å². The number of aromatic nitrogens is 1. The highest BCUT2D eigenvalue weighted by Crippen LogP contribution is 2.46. The molecule has 210 valence electrons. The molecule has 0 bridgehead atoms. The maximum absolute atomic E-state index is 13.6. The molecule has 0 aliphatic carbocycles. The minimum absolute atomic E-state index is 0.0362. The number of carbonyl (C=O) groups is 2. The number of aliphatic hydroxyl groups excluding tert-OH is 1. The number of hydrogen-bond donors (Lipinski definition) is 1. The van der Waals surface area contributed by atoms with Gasteiger partial charge in [-0.05, 0) is 66.4 Å². The Kier molecular flexibility index (Phi) is 8.93. The number of methoxy groups -OCH3 is 3. The molecule has 2 aromatic carbocycles. The Balaban J connectivity index is 1.88. The average molecular weight is 547 g/mol. The van der Waals surface area contributed by atoms with Gasteiger partial charge in [0.05, 0.1) is 39.6 Å². The predicted octanol–water partition coefficient (Wildman–Crippen LogP) is 5.22. The number of rotatable bonds is 11. The van der Waals surface area contributed by atoms with Gasteiger partial charge < -0.3 is 29.0 Å². The number of pyridine rings is 1. The van der Waals surface area contributed by atoms with Crippen molar-refractivity contribution in [3.8, 4) is 23.0 Å². The molecule has 2 heterocycles. The van der Waals surface area contributed by atoms with Gasteiger partial charge in [0.25, 0.3) is 11.7 Å². The summed E-state index contributed by atoms with van der Waals surface area (Å²) in [4.78, 5) is 32.6. The van der Waals surface area contributed by atoms with Crippen LogP contribution >= 0.6 is 0 Å². The number of benzene rings is 2. The number of carbonyl (C=O) groups excluding carboxylic acids is 2. The standard InChI is InChI=1S/C31H34N2O7/c1-6-7-13-40-22-10-11-23(19(2)14-22)28(34)26-27(21-15-24(37-3)30(39-5)25(16-21)38-4)33(31(36)29(26)35)18-20-9-8-12-32-17-20/h8-12,14-17,27,34H,6-7,13,18H2,1-5H3/b28-26+. The van der Waals surface area contributed by atoms with Crippen LogP contribution in [0, 0.1) is 6.92 Å². The van der Waals surface area contributed by atoms with Crippen LogP contribution in [0.2, 0.25) is 0 Å². The summed E-state index contributed by atoms with van der Waals surface area (Å²) in [7, 11) is 4.47. The van der Waals surface area contributed by atoms with Crippen molar-refractivity contribution in [2.45, 2.75) is 39.3 Å². The third-order valence-electron chi connectivity index (χ3n) is 6.84. The van der Waals surface area contributed by atoms with Crippen LogP contribution in [-0.4, -0.2) is 54.6 Å². The van der Waals surface area contributed by atoms with E-state index >= 15 is 0 Å². The van der Waals surface area contributed by atoms with Gasteiger partial charge in [0.2, 0.25) is 5.75 Å². The first-order valence-electron chi connectivity index (χ1n) is 13.1. The monoisotopic (exact) mass is 546 g/mol. The van der Waals surface area contributed by atoms with E-state index in [1.165, 1.54) is 26.2 Å². The van der Waals surface area contributed by atoms with Crippen LogP contribution in [-0.2, 0) is 16.1 Å². The minimum atomic E-state index is -0.936. The summed E-state index contributed by atoms with van der Waals surface area (Å²) in [6, 6.07) is 11.3. The van der Waals surface area contributed by atoms with Gasteiger partial charge in [0.1, 0.15) is 11.5 Å². The Morgan fingerprint density at radius 2 is 1.75 bits per heavy atom. The molecular formula is C31H34N2O7. The normalized spacial score (nSPS) is 16.2. The quantitative estimate of drug-likeness (QED) is 0.151. The average Bonchev–Trinajstić information content (AvgIpc) is 3.21. The van der Waals surface area contributed by atoms with E-state index in [1.807, 2.05) is 19.1 Å². The Hall–Kier alpha value is -4.53. The summed E-state index contributed by atoms with van der Waals surface area (Å²) in [5, 5.41) is 11.6. The Morgan fingerprint density at radius 3 is 2.33 bits per heavy atom. The second-order valence-corrected chi connectivity index (χ2v) is 9.43. The summed E-state index contributed by atoms with van der Waals surface area (Å²) in [6.07, 6.45) is 5.20. The van der Waals surface area contributed by atoms with Gasteiger partial charge in [-0.3, -0.25) is 14.6 Å². The molecule has 0 spiro atoms.